The van der Waals surface area contributed by atoms with Crippen molar-refractivity contribution in [1.82, 2.24) is 14.8 Å². The number of fused-ring (bicyclic) bond motifs is 1. The Hall–Kier alpha value is -0.423. The molecule has 0 N–H and O–H groups in total. The molecule has 6 nitrogen and oxygen atoms in total. The third-order valence-electron chi connectivity index (χ3n) is 3.67. The van der Waals surface area contributed by atoms with Gasteiger partial charge in [0.1, 0.15) is 39.0 Å². The number of rotatable bonds is 9. The number of aromatic nitrogens is 3. The first-order valence-electron chi connectivity index (χ1n) is 8.17. The maximum Gasteiger partial charge on any atom is 0.150 e. The van der Waals surface area contributed by atoms with E-state index in [1.807, 2.05) is 6.92 Å². The van der Waals surface area contributed by atoms with Crippen LogP contribution in [-0.2, 0) is 16.2 Å². The van der Waals surface area contributed by atoms with Crippen LogP contribution in [0, 0.1) is 3.70 Å². The number of nitrogens with zero attached hydrogens (tertiary/aromatic N) is 3. The molecule has 2 rings (SSSR count). The van der Waals surface area contributed by atoms with Crippen molar-refractivity contribution in [3.05, 3.63) is 14.9 Å². The minimum Gasteiger partial charge on any atom is -0.488 e. The van der Waals surface area contributed by atoms with Gasteiger partial charge in [-0.25, -0.2) is 9.67 Å². The Balaban J connectivity index is 2.21. The molecular formula is C16H25ClIN3O3Si. The van der Waals surface area contributed by atoms with Crippen molar-refractivity contribution in [2.75, 3.05) is 20.3 Å². The summed E-state index contributed by atoms with van der Waals surface area (Å²) in [6.45, 7) is 10.5. The zero-order valence-corrected chi connectivity index (χ0v) is 19.2. The molecule has 2 aromatic heterocycles. The minimum absolute atomic E-state index is 0.0228. The molecule has 0 aliphatic carbocycles. The molecule has 0 aliphatic heterocycles. The number of ether oxygens (including phenoxy) is 3. The van der Waals surface area contributed by atoms with Gasteiger partial charge in [-0.3, -0.25) is 0 Å². The van der Waals surface area contributed by atoms with Gasteiger partial charge in [-0.05, 0) is 35.6 Å². The van der Waals surface area contributed by atoms with E-state index in [2.05, 4.69) is 52.3 Å². The fourth-order valence-electron chi connectivity index (χ4n) is 2.09. The van der Waals surface area contributed by atoms with Crippen molar-refractivity contribution in [2.24, 2.45) is 0 Å². The molecule has 25 heavy (non-hydrogen) atoms. The molecule has 0 aromatic carbocycles. The molecule has 2 heterocycles. The first-order valence-corrected chi connectivity index (χ1v) is 13.3. The van der Waals surface area contributed by atoms with Crippen LogP contribution in [0.15, 0.2) is 6.07 Å². The van der Waals surface area contributed by atoms with Crippen molar-refractivity contribution in [3.8, 4) is 5.75 Å². The molecule has 1 unspecified atom stereocenters. The van der Waals surface area contributed by atoms with E-state index >= 15 is 0 Å². The summed E-state index contributed by atoms with van der Waals surface area (Å²) in [5, 5.41) is 4.91. The van der Waals surface area contributed by atoms with Crippen LogP contribution in [0.4, 0.5) is 0 Å². The summed E-state index contributed by atoms with van der Waals surface area (Å²) < 4.78 is 19.5. The first-order chi connectivity index (χ1) is 11.7. The highest BCUT2D eigenvalue weighted by atomic mass is 127. The van der Waals surface area contributed by atoms with Crippen molar-refractivity contribution < 1.29 is 14.2 Å². The van der Waals surface area contributed by atoms with Crippen LogP contribution in [0.25, 0.3) is 11.0 Å². The second-order valence-electron chi connectivity index (χ2n) is 7.14. The molecule has 1 atom stereocenters. The standard InChI is InChI=1S/C16H25ClIN3O3Si/c1-11(22-2)9-24-12-8-13(17)19-14-15(12)21(20-16(14)18)10-23-6-7-25(3,4)5/h8,11H,6-7,9-10H2,1-5H3. The highest BCUT2D eigenvalue weighted by Crippen LogP contribution is 2.30. The third kappa shape index (κ3) is 6.06. The lowest BCUT2D eigenvalue weighted by atomic mass is 10.3. The van der Waals surface area contributed by atoms with Gasteiger partial charge in [-0.2, -0.15) is 5.10 Å². The molecule has 0 amide bonds. The van der Waals surface area contributed by atoms with Crippen molar-refractivity contribution in [2.45, 2.75) is 45.4 Å². The van der Waals surface area contributed by atoms with E-state index in [1.54, 1.807) is 17.9 Å². The summed E-state index contributed by atoms with van der Waals surface area (Å²) in [4.78, 5) is 4.39. The zero-order valence-electron chi connectivity index (χ0n) is 15.3. The summed E-state index contributed by atoms with van der Waals surface area (Å²) in [7, 11) is 0.539. The molecule has 0 saturated heterocycles. The van der Waals surface area contributed by atoms with E-state index in [4.69, 9.17) is 25.8 Å². The predicted molar refractivity (Wildman–Crippen MR) is 111 cm³/mol. The van der Waals surface area contributed by atoms with Gasteiger partial charge in [0.15, 0.2) is 0 Å². The Labute approximate surface area is 168 Å². The van der Waals surface area contributed by atoms with Crippen LogP contribution in [-0.4, -0.2) is 49.3 Å². The van der Waals surface area contributed by atoms with Crippen LogP contribution in [0.3, 0.4) is 0 Å². The van der Waals surface area contributed by atoms with E-state index in [0.29, 0.717) is 24.2 Å². The lowest BCUT2D eigenvalue weighted by Gasteiger charge is -2.16. The van der Waals surface area contributed by atoms with E-state index < -0.39 is 8.07 Å². The lowest BCUT2D eigenvalue weighted by Crippen LogP contribution is -2.22. The van der Waals surface area contributed by atoms with E-state index in [1.165, 1.54) is 0 Å². The fourth-order valence-corrected chi connectivity index (χ4v) is 3.67. The first kappa shape index (κ1) is 20.9. The Morgan fingerprint density at radius 3 is 2.72 bits per heavy atom. The number of hydrogen-bond acceptors (Lipinski definition) is 5. The molecule has 2 aromatic rings. The minimum atomic E-state index is -1.12. The van der Waals surface area contributed by atoms with Gasteiger partial charge in [0.2, 0.25) is 0 Å². The molecule has 9 heteroatoms. The Morgan fingerprint density at radius 1 is 1.36 bits per heavy atom. The van der Waals surface area contributed by atoms with E-state index in [-0.39, 0.29) is 6.10 Å². The molecule has 0 bridgehead atoms. The molecule has 0 radical (unpaired) electrons. The second-order valence-corrected chi connectivity index (χ2v) is 14.2. The molecular weight excluding hydrogens is 473 g/mol. The van der Waals surface area contributed by atoms with Gasteiger partial charge in [0.05, 0.1) is 6.10 Å². The summed E-state index contributed by atoms with van der Waals surface area (Å²) in [6, 6.07) is 2.82. The molecule has 0 saturated carbocycles. The van der Waals surface area contributed by atoms with E-state index in [0.717, 1.165) is 27.4 Å². The average molecular weight is 498 g/mol. The monoisotopic (exact) mass is 497 g/mol. The Bertz CT molecular complexity index is 721. The maximum absolute atomic E-state index is 6.14. The Kier molecular flexibility index (Phi) is 7.50. The zero-order chi connectivity index (χ0) is 18.6. The number of methoxy groups -OCH3 is 1. The third-order valence-corrected chi connectivity index (χ3v) is 6.30. The van der Waals surface area contributed by atoms with Crippen LogP contribution >= 0.6 is 34.2 Å². The largest absolute Gasteiger partial charge is 0.488 e. The second kappa shape index (κ2) is 8.98. The van der Waals surface area contributed by atoms with Crippen molar-refractivity contribution in [3.63, 3.8) is 0 Å². The van der Waals surface area contributed by atoms with Gasteiger partial charge in [-0.1, -0.05) is 31.2 Å². The summed E-state index contributed by atoms with van der Waals surface area (Å²) in [5.41, 5.74) is 1.52. The van der Waals surface area contributed by atoms with Gasteiger partial charge in [-0.15, -0.1) is 0 Å². The van der Waals surface area contributed by atoms with Gasteiger partial charge in [0, 0.05) is 27.9 Å². The number of hydrogen-bond donors (Lipinski definition) is 0. The Morgan fingerprint density at radius 2 is 2.08 bits per heavy atom. The topological polar surface area (TPSA) is 58.4 Å². The van der Waals surface area contributed by atoms with Gasteiger partial charge in [0.25, 0.3) is 0 Å². The van der Waals surface area contributed by atoms with Crippen LogP contribution in [0.2, 0.25) is 30.8 Å². The van der Waals surface area contributed by atoms with Crippen LogP contribution < -0.4 is 4.74 Å². The van der Waals surface area contributed by atoms with Gasteiger partial charge >= 0.3 is 0 Å². The summed E-state index contributed by atoms with van der Waals surface area (Å²) in [6.07, 6.45) is -0.0228. The smallest absolute Gasteiger partial charge is 0.150 e. The highest BCUT2D eigenvalue weighted by Gasteiger charge is 2.18. The summed E-state index contributed by atoms with van der Waals surface area (Å²) >= 11 is 8.30. The lowest BCUT2D eigenvalue weighted by molar-refractivity contribution is 0.0702. The normalized spacial score (nSPS) is 13.4. The predicted octanol–water partition coefficient (Wildman–Crippen LogP) is 4.42. The van der Waals surface area contributed by atoms with E-state index in [9.17, 15) is 0 Å². The van der Waals surface area contributed by atoms with Crippen LogP contribution in [0.1, 0.15) is 6.92 Å². The number of pyridine rings is 1. The SMILES string of the molecule is COC(C)COc1cc(Cl)nc2c(I)nn(COCC[Si](C)(C)C)c12. The summed E-state index contributed by atoms with van der Waals surface area (Å²) in [5.74, 6) is 0.642. The molecule has 0 fully saturated rings. The fraction of sp³-hybridized carbons (Fsp3) is 0.625. The van der Waals surface area contributed by atoms with Crippen molar-refractivity contribution >= 4 is 53.3 Å². The van der Waals surface area contributed by atoms with Crippen molar-refractivity contribution in [1.29, 1.82) is 0 Å². The molecule has 0 aliphatic rings. The maximum atomic E-state index is 6.14. The quantitative estimate of drug-likeness (QED) is 0.222. The number of halogens is 2. The molecule has 140 valence electrons. The molecule has 0 spiro atoms. The van der Waals surface area contributed by atoms with Crippen LogP contribution in [0.5, 0.6) is 5.75 Å². The highest BCUT2D eigenvalue weighted by molar-refractivity contribution is 14.1. The average Bonchev–Trinajstić information content (AvgIpc) is 2.84. The van der Waals surface area contributed by atoms with Gasteiger partial charge < -0.3 is 14.2 Å².